The predicted octanol–water partition coefficient (Wildman–Crippen LogP) is 2.87. The lowest BCUT2D eigenvalue weighted by atomic mass is 9.84. The molecule has 5 rings (SSSR count). The molecule has 0 amide bonds. The predicted molar refractivity (Wildman–Crippen MR) is 107 cm³/mol. The lowest BCUT2D eigenvalue weighted by Gasteiger charge is -2.45. The molecule has 2 aromatic heterocycles. The standard InChI is InChI=1S/C22H21FN4O2/c1-26-20(28)12-18(16-8-9-24-13-17(16)23)25-22(26)27-10-11-29-21-15-5-3-2-4-14(15)6-7-19(21)27/h2-5,8-9,12-13,19,21H,6-7,10-11H2,1H3/t19-,21+/m0/s1. The highest BCUT2D eigenvalue weighted by atomic mass is 19.1. The minimum atomic E-state index is -0.495. The summed E-state index contributed by atoms with van der Waals surface area (Å²) in [5, 5.41) is 0. The van der Waals surface area contributed by atoms with Crippen LogP contribution in [0.1, 0.15) is 23.7 Å². The van der Waals surface area contributed by atoms with Gasteiger partial charge in [0.1, 0.15) is 6.10 Å². The molecule has 0 N–H and O–H groups in total. The van der Waals surface area contributed by atoms with Gasteiger partial charge in [0.15, 0.2) is 5.82 Å². The minimum absolute atomic E-state index is 0.0630. The van der Waals surface area contributed by atoms with E-state index >= 15 is 0 Å². The Morgan fingerprint density at radius 2 is 2.10 bits per heavy atom. The van der Waals surface area contributed by atoms with Crippen molar-refractivity contribution in [1.29, 1.82) is 0 Å². The molecule has 1 fully saturated rings. The van der Waals surface area contributed by atoms with E-state index in [4.69, 9.17) is 9.72 Å². The first-order chi connectivity index (χ1) is 14.1. The second-order valence-electron chi connectivity index (χ2n) is 7.48. The van der Waals surface area contributed by atoms with Crippen LogP contribution in [0.3, 0.4) is 0 Å². The lowest BCUT2D eigenvalue weighted by Crippen LogP contribution is -2.51. The summed E-state index contributed by atoms with van der Waals surface area (Å²) < 4.78 is 21.9. The molecule has 6 nitrogen and oxygen atoms in total. The number of morpholine rings is 1. The number of benzene rings is 1. The molecular weight excluding hydrogens is 371 g/mol. The van der Waals surface area contributed by atoms with E-state index < -0.39 is 5.82 Å². The van der Waals surface area contributed by atoms with E-state index in [1.54, 1.807) is 13.1 Å². The zero-order valence-electron chi connectivity index (χ0n) is 16.1. The summed E-state index contributed by atoms with van der Waals surface area (Å²) in [4.78, 5) is 23.3. The number of nitrogens with zero attached hydrogens (tertiary/aromatic N) is 4. The third-order valence-corrected chi connectivity index (χ3v) is 5.87. The molecule has 1 saturated heterocycles. The third kappa shape index (κ3) is 3.02. The fraction of sp³-hybridized carbons (Fsp3) is 0.318. The van der Waals surface area contributed by atoms with Gasteiger partial charge in [0.05, 0.1) is 24.5 Å². The molecule has 0 bridgehead atoms. The van der Waals surface area contributed by atoms with Crippen LogP contribution in [0.5, 0.6) is 0 Å². The highest BCUT2D eigenvalue weighted by molar-refractivity contribution is 5.60. The van der Waals surface area contributed by atoms with E-state index in [0.29, 0.717) is 24.8 Å². The number of ether oxygens (including phenoxy) is 1. The van der Waals surface area contributed by atoms with Crippen LogP contribution in [0.15, 0.2) is 53.6 Å². The minimum Gasteiger partial charge on any atom is -0.370 e. The number of fused-ring (bicyclic) bond motifs is 3. The molecular formula is C22H21FN4O2. The molecule has 1 aliphatic heterocycles. The molecule has 1 aliphatic carbocycles. The van der Waals surface area contributed by atoms with Crippen molar-refractivity contribution in [2.75, 3.05) is 18.1 Å². The number of hydrogen-bond donors (Lipinski definition) is 0. The summed E-state index contributed by atoms with van der Waals surface area (Å²) in [6.45, 7) is 1.17. The zero-order chi connectivity index (χ0) is 20.0. The van der Waals surface area contributed by atoms with Crippen LogP contribution < -0.4 is 10.5 Å². The maximum atomic E-state index is 14.3. The smallest absolute Gasteiger partial charge is 0.255 e. The first-order valence-corrected chi connectivity index (χ1v) is 9.77. The average molecular weight is 392 g/mol. The van der Waals surface area contributed by atoms with Crippen molar-refractivity contribution in [3.05, 3.63) is 76.1 Å². The first kappa shape index (κ1) is 18.0. The number of pyridine rings is 1. The van der Waals surface area contributed by atoms with Gasteiger partial charge in [-0.1, -0.05) is 24.3 Å². The molecule has 29 heavy (non-hydrogen) atoms. The summed E-state index contributed by atoms with van der Waals surface area (Å²) in [7, 11) is 1.71. The van der Waals surface area contributed by atoms with Crippen LogP contribution in [-0.2, 0) is 18.2 Å². The van der Waals surface area contributed by atoms with Crippen molar-refractivity contribution in [3.8, 4) is 11.3 Å². The van der Waals surface area contributed by atoms with Crippen molar-refractivity contribution >= 4 is 5.95 Å². The molecule has 0 unspecified atom stereocenters. The number of hydrogen-bond acceptors (Lipinski definition) is 5. The molecule has 2 aliphatic rings. The molecule has 7 heteroatoms. The van der Waals surface area contributed by atoms with Crippen LogP contribution in [-0.4, -0.2) is 33.7 Å². The van der Waals surface area contributed by atoms with Crippen molar-refractivity contribution in [1.82, 2.24) is 14.5 Å². The molecule has 2 atom stereocenters. The Labute approximate surface area is 167 Å². The Kier molecular flexibility index (Phi) is 4.39. The van der Waals surface area contributed by atoms with Crippen molar-refractivity contribution in [3.63, 3.8) is 0 Å². The van der Waals surface area contributed by atoms with Crippen LogP contribution in [0.2, 0.25) is 0 Å². The maximum absolute atomic E-state index is 14.3. The van der Waals surface area contributed by atoms with Gasteiger partial charge in [-0.3, -0.25) is 14.3 Å². The topological polar surface area (TPSA) is 60.2 Å². The summed E-state index contributed by atoms with van der Waals surface area (Å²) in [6, 6.07) is 11.3. The fourth-order valence-corrected chi connectivity index (χ4v) is 4.42. The van der Waals surface area contributed by atoms with E-state index in [1.807, 2.05) is 6.07 Å². The molecule has 1 aromatic carbocycles. The Morgan fingerprint density at radius 3 is 2.97 bits per heavy atom. The van der Waals surface area contributed by atoms with Gasteiger partial charge >= 0.3 is 0 Å². The maximum Gasteiger partial charge on any atom is 0.255 e. The molecule has 3 aromatic rings. The number of halogens is 1. The first-order valence-electron chi connectivity index (χ1n) is 9.77. The Hall–Kier alpha value is -3.06. The van der Waals surface area contributed by atoms with Gasteiger partial charge in [-0.25, -0.2) is 9.37 Å². The Balaban J connectivity index is 1.59. The van der Waals surface area contributed by atoms with Gasteiger partial charge in [0.25, 0.3) is 5.56 Å². The largest absolute Gasteiger partial charge is 0.370 e. The van der Waals surface area contributed by atoms with Crippen molar-refractivity contribution < 1.29 is 9.13 Å². The normalized spacial score (nSPS) is 20.8. The van der Waals surface area contributed by atoms with E-state index in [1.165, 1.54) is 28.0 Å². The Bertz CT molecular complexity index is 1130. The van der Waals surface area contributed by atoms with E-state index in [2.05, 4.69) is 28.1 Å². The Morgan fingerprint density at radius 1 is 1.24 bits per heavy atom. The van der Waals surface area contributed by atoms with Crippen LogP contribution >= 0.6 is 0 Å². The van der Waals surface area contributed by atoms with Gasteiger partial charge in [-0.2, -0.15) is 0 Å². The van der Waals surface area contributed by atoms with Gasteiger partial charge in [0, 0.05) is 31.4 Å². The number of aryl methyl sites for hydroxylation is 1. The second-order valence-corrected chi connectivity index (χ2v) is 7.48. The number of anilines is 1. The zero-order valence-corrected chi connectivity index (χ0v) is 16.1. The summed E-state index contributed by atoms with van der Waals surface area (Å²) in [5.74, 6) is 0.0482. The van der Waals surface area contributed by atoms with Gasteiger partial charge in [-0.15, -0.1) is 0 Å². The molecule has 0 radical (unpaired) electrons. The van der Waals surface area contributed by atoms with E-state index in [-0.39, 0.29) is 23.3 Å². The number of rotatable bonds is 2. The van der Waals surface area contributed by atoms with Gasteiger partial charge in [-0.05, 0) is 30.0 Å². The van der Waals surface area contributed by atoms with Crippen LogP contribution in [0.4, 0.5) is 10.3 Å². The molecule has 0 spiro atoms. The summed E-state index contributed by atoms with van der Waals surface area (Å²) >= 11 is 0. The molecule has 0 saturated carbocycles. The van der Waals surface area contributed by atoms with Crippen molar-refractivity contribution in [2.45, 2.75) is 25.0 Å². The van der Waals surface area contributed by atoms with E-state index in [0.717, 1.165) is 19.0 Å². The summed E-state index contributed by atoms with van der Waals surface area (Å²) in [6.07, 6.45) is 4.43. The van der Waals surface area contributed by atoms with Crippen LogP contribution in [0.25, 0.3) is 11.3 Å². The quantitative estimate of drug-likeness (QED) is 0.671. The average Bonchev–Trinajstić information content (AvgIpc) is 2.75. The summed E-state index contributed by atoms with van der Waals surface area (Å²) in [5.41, 5.74) is 2.89. The second kappa shape index (κ2) is 7.08. The monoisotopic (exact) mass is 392 g/mol. The highest BCUT2D eigenvalue weighted by Gasteiger charge is 2.38. The SMILES string of the molecule is Cn1c(N2CCO[C@@H]3c4ccccc4CC[C@@H]32)nc(-c2ccncc2F)cc1=O. The fourth-order valence-electron chi connectivity index (χ4n) is 4.42. The van der Waals surface area contributed by atoms with Crippen LogP contribution in [0, 0.1) is 5.82 Å². The van der Waals surface area contributed by atoms with Crippen molar-refractivity contribution in [2.24, 2.45) is 7.05 Å². The highest BCUT2D eigenvalue weighted by Crippen LogP contribution is 2.39. The molecule has 148 valence electrons. The van der Waals surface area contributed by atoms with Gasteiger partial charge < -0.3 is 9.64 Å². The molecule has 3 heterocycles. The third-order valence-electron chi connectivity index (χ3n) is 5.87. The van der Waals surface area contributed by atoms with E-state index in [9.17, 15) is 9.18 Å². The number of aromatic nitrogens is 3. The lowest BCUT2D eigenvalue weighted by molar-refractivity contribution is 0.00176. The van der Waals surface area contributed by atoms with Gasteiger partial charge in [0.2, 0.25) is 5.95 Å².